The Labute approximate surface area is 154 Å². The highest BCUT2D eigenvalue weighted by Gasteiger charge is 2.13. The maximum atomic E-state index is 11.0. The van der Waals surface area contributed by atoms with E-state index in [0.717, 1.165) is 29.6 Å². The Hall–Kier alpha value is -3.13. The zero-order valence-corrected chi connectivity index (χ0v) is 15.1. The van der Waals surface area contributed by atoms with Crippen LogP contribution in [0.4, 0.5) is 0 Å². The van der Waals surface area contributed by atoms with Crippen LogP contribution in [0, 0.1) is 0 Å². The highest BCUT2D eigenvalue weighted by Crippen LogP contribution is 2.35. The van der Waals surface area contributed by atoms with Crippen LogP contribution in [0.15, 0.2) is 78.9 Å². The van der Waals surface area contributed by atoms with Crippen molar-refractivity contribution in [3.8, 4) is 5.75 Å². The van der Waals surface area contributed by atoms with E-state index in [-0.39, 0.29) is 0 Å². The number of hydrogen-bond donors (Lipinski definition) is 0. The van der Waals surface area contributed by atoms with Gasteiger partial charge in [0, 0.05) is 5.56 Å². The number of allylic oxidation sites excluding steroid dienone is 1. The topological polar surface area (TPSA) is 26.3 Å². The molecule has 130 valence electrons. The largest absolute Gasteiger partial charge is 0.497 e. The molecule has 0 N–H and O–H groups in total. The fourth-order valence-corrected chi connectivity index (χ4v) is 3.17. The third kappa shape index (κ3) is 3.75. The summed E-state index contributed by atoms with van der Waals surface area (Å²) in [6.07, 6.45) is 1.78. The van der Waals surface area contributed by atoms with Gasteiger partial charge in [-0.3, -0.25) is 4.79 Å². The Morgan fingerprint density at radius 2 is 1.38 bits per heavy atom. The zero-order valence-electron chi connectivity index (χ0n) is 15.1. The van der Waals surface area contributed by atoms with Crippen LogP contribution in [0.5, 0.6) is 5.75 Å². The second-order valence-corrected chi connectivity index (χ2v) is 6.04. The third-order valence-electron chi connectivity index (χ3n) is 4.49. The summed E-state index contributed by atoms with van der Waals surface area (Å²) in [5, 5.41) is 0. The quantitative estimate of drug-likeness (QED) is 0.413. The van der Waals surface area contributed by atoms with Crippen LogP contribution >= 0.6 is 0 Å². The van der Waals surface area contributed by atoms with Gasteiger partial charge in [-0.1, -0.05) is 73.7 Å². The van der Waals surface area contributed by atoms with Gasteiger partial charge >= 0.3 is 0 Å². The molecule has 2 heteroatoms. The molecule has 3 aromatic carbocycles. The second kappa shape index (κ2) is 8.30. The minimum absolute atomic E-state index is 0.681. The van der Waals surface area contributed by atoms with Crippen molar-refractivity contribution >= 4 is 17.4 Å². The van der Waals surface area contributed by atoms with Gasteiger partial charge in [-0.05, 0) is 46.4 Å². The van der Waals surface area contributed by atoms with E-state index in [9.17, 15) is 4.79 Å². The number of rotatable bonds is 6. The lowest BCUT2D eigenvalue weighted by Crippen LogP contribution is -1.96. The van der Waals surface area contributed by atoms with E-state index < -0.39 is 0 Å². The van der Waals surface area contributed by atoms with Crippen molar-refractivity contribution in [2.24, 2.45) is 0 Å². The van der Waals surface area contributed by atoms with E-state index in [1.54, 1.807) is 7.11 Å². The second-order valence-electron chi connectivity index (χ2n) is 6.04. The lowest BCUT2D eigenvalue weighted by molar-refractivity contribution is 0.112. The molecule has 0 aliphatic carbocycles. The van der Waals surface area contributed by atoms with Gasteiger partial charge in [-0.15, -0.1) is 0 Å². The maximum Gasteiger partial charge on any atom is 0.150 e. The van der Waals surface area contributed by atoms with E-state index in [4.69, 9.17) is 4.74 Å². The standard InChI is InChI=1S/C24H22O2/c1-3-23(19-7-5-4-6-8-19)24(20-11-9-18(17-25)10-12-20)21-13-15-22(26-2)16-14-21/h4-17H,3H2,1-2H3. The molecular weight excluding hydrogens is 320 g/mol. The average Bonchev–Trinajstić information content (AvgIpc) is 2.73. The number of aldehydes is 1. The summed E-state index contributed by atoms with van der Waals surface area (Å²) in [6.45, 7) is 2.17. The molecule has 0 atom stereocenters. The molecule has 0 unspecified atom stereocenters. The Balaban J connectivity index is 2.22. The van der Waals surface area contributed by atoms with Crippen LogP contribution in [0.25, 0.3) is 11.1 Å². The highest BCUT2D eigenvalue weighted by molar-refractivity contribution is 5.98. The monoisotopic (exact) mass is 342 g/mol. The predicted molar refractivity (Wildman–Crippen MR) is 107 cm³/mol. The van der Waals surface area contributed by atoms with Gasteiger partial charge in [0.05, 0.1) is 7.11 Å². The third-order valence-corrected chi connectivity index (χ3v) is 4.49. The minimum Gasteiger partial charge on any atom is -0.497 e. The van der Waals surface area contributed by atoms with E-state index in [2.05, 4.69) is 43.3 Å². The van der Waals surface area contributed by atoms with Gasteiger partial charge in [0.1, 0.15) is 12.0 Å². The molecule has 3 aromatic rings. The van der Waals surface area contributed by atoms with Crippen LogP contribution in [-0.4, -0.2) is 13.4 Å². The first-order chi connectivity index (χ1) is 12.8. The van der Waals surface area contributed by atoms with E-state index in [0.29, 0.717) is 5.56 Å². The van der Waals surface area contributed by atoms with E-state index in [1.807, 2.05) is 42.5 Å². The van der Waals surface area contributed by atoms with Gasteiger partial charge < -0.3 is 4.74 Å². The van der Waals surface area contributed by atoms with Crippen LogP contribution in [-0.2, 0) is 0 Å². The van der Waals surface area contributed by atoms with Crippen LogP contribution in [0.2, 0.25) is 0 Å². The van der Waals surface area contributed by atoms with Gasteiger partial charge in [0.25, 0.3) is 0 Å². The van der Waals surface area contributed by atoms with Crippen LogP contribution in [0.3, 0.4) is 0 Å². The van der Waals surface area contributed by atoms with E-state index >= 15 is 0 Å². The first-order valence-corrected chi connectivity index (χ1v) is 8.75. The van der Waals surface area contributed by atoms with E-state index in [1.165, 1.54) is 16.7 Å². The molecule has 0 aliphatic heterocycles. The Morgan fingerprint density at radius 1 is 0.808 bits per heavy atom. The smallest absolute Gasteiger partial charge is 0.150 e. The minimum atomic E-state index is 0.681. The predicted octanol–water partition coefficient (Wildman–Crippen LogP) is 5.88. The maximum absolute atomic E-state index is 11.0. The molecule has 26 heavy (non-hydrogen) atoms. The van der Waals surface area contributed by atoms with Crippen LogP contribution < -0.4 is 4.74 Å². The number of benzene rings is 3. The summed E-state index contributed by atoms with van der Waals surface area (Å²) in [5.74, 6) is 0.835. The summed E-state index contributed by atoms with van der Waals surface area (Å²) in [6, 6.07) is 26.3. The molecule has 0 radical (unpaired) electrons. The molecule has 0 saturated carbocycles. The number of hydrogen-bond acceptors (Lipinski definition) is 2. The first kappa shape index (κ1) is 17.7. The van der Waals surface area contributed by atoms with Crippen molar-refractivity contribution in [2.45, 2.75) is 13.3 Å². The molecule has 0 amide bonds. The molecule has 0 aliphatic rings. The van der Waals surface area contributed by atoms with Crippen molar-refractivity contribution < 1.29 is 9.53 Å². The normalized spacial score (nSPS) is 11.6. The molecule has 2 nitrogen and oxygen atoms in total. The Morgan fingerprint density at radius 3 is 1.88 bits per heavy atom. The van der Waals surface area contributed by atoms with Crippen molar-refractivity contribution in [1.29, 1.82) is 0 Å². The average molecular weight is 342 g/mol. The lowest BCUT2D eigenvalue weighted by Gasteiger charge is -2.17. The van der Waals surface area contributed by atoms with Crippen molar-refractivity contribution in [1.82, 2.24) is 0 Å². The highest BCUT2D eigenvalue weighted by atomic mass is 16.5. The van der Waals surface area contributed by atoms with Crippen molar-refractivity contribution in [3.63, 3.8) is 0 Å². The summed E-state index contributed by atoms with van der Waals surface area (Å²) in [5.41, 5.74) is 6.57. The molecule has 0 bridgehead atoms. The summed E-state index contributed by atoms with van der Waals surface area (Å²) >= 11 is 0. The summed E-state index contributed by atoms with van der Waals surface area (Å²) < 4.78 is 5.30. The zero-order chi connectivity index (χ0) is 18.4. The Kier molecular flexibility index (Phi) is 5.65. The molecule has 0 heterocycles. The molecule has 0 spiro atoms. The summed E-state index contributed by atoms with van der Waals surface area (Å²) in [4.78, 5) is 11.0. The summed E-state index contributed by atoms with van der Waals surface area (Å²) in [7, 11) is 1.67. The molecule has 0 saturated heterocycles. The molecule has 0 aromatic heterocycles. The lowest BCUT2D eigenvalue weighted by atomic mass is 9.88. The first-order valence-electron chi connectivity index (χ1n) is 8.75. The van der Waals surface area contributed by atoms with Gasteiger partial charge in [-0.2, -0.15) is 0 Å². The molecular formula is C24H22O2. The van der Waals surface area contributed by atoms with Crippen molar-refractivity contribution in [3.05, 3.63) is 101 Å². The van der Waals surface area contributed by atoms with Gasteiger partial charge in [0.2, 0.25) is 0 Å². The van der Waals surface area contributed by atoms with Crippen LogP contribution in [0.1, 0.15) is 40.4 Å². The van der Waals surface area contributed by atoms with Gasteiger partial charge in [-0.25, -0.2) is 0 Å². The Bertz CT molecular complexity index is 889. The molecule has 0 fully saturated rings. The SMILES string of the molecule is CCC(=C(c1ccc(C=O)cc1)c1ccc(OC)cc1)c1ccccc1. The van der Waals surface area contributed by atoms with Crippen molar-refractivity contribution in [2.75, 3.05) is 7.11 Å². The fourth-order valence-electron chi connectivity index (χ4n) is 3.17. The van der Waals surface area contributed by atoms with Gasteiger partial charge in [0.15, 0.2) is 0 Å². The number of ether oxygens (including phenoxy) is 1. The molecule has 3 rings (SSSR count). The number of carbonyl (C=O) groups excluding carboxylic acids is 1. The number of methoxy groups -OCH3 is 1. The number of carbonyl (C=O) groups is 1. The fraction of sp³-hybridized carbons (Fsp3) is 0.125.